The van der Waals surface area contributed by atoms with Crippen molar-refractivity contribution in [1.29, 1.82) is 0 Å². The summed E-state index contributed by atoms with van der Waals surface area (Å²) in [5.41, 5.74) is 1.85. The SMILES string of the molecule is c1cc2ncc(-c3nc([C@@H]4CCCCO4)no3)cc2s1. The maximum absolute atomic E-state index is 5.67. The maximum Gasteiger partial charge on any atom is 0.259 e. The van der Waals surface area contributed by atoms with Crippen LogP contribution in [-0.4, -0.2) is 21.7 Å². The fourth-order valence-corrected chi connectivity index (χ4v) is 3.17. The number of thiophene rings is 1. The molecule has 4 heterocycles. The van der Waals surface area contributed by atoms with Crippen molar-refractivity contribution in [3.05, 3.63) is 29.5 Å². The van der Waals surface area contributed by atoms with Crippen molar-refractivity contribution in [2.75, 3.05) is 6.61 Å². The highest BCUT2D eigenvalue weighted by atomic mass is 32.1. The standard InChI is InChI=1S/C14H13N3O2S/c1-2-5-18-11(3-1)13-16-14(19-17-13)9-7-12-10(15-8-9)4-6-20-12/h4,6-8,11H,1-3,5H2/t11-/m0/s1. The van der Waals surface area contributed by atoms with E-state index in [4.69, 9.17) is 9.26 Å². The summed E-state index contributed by atoms with van der Waals surface area (Å²) in [6, 6.07) is 4.03. The molecule has 102 valence electrons. The van der Waals surface area contributed by atoms with Gasteiger partial charge in [-0.05, 0) is 36.8 Å². The molecule has 1 fully saturated rings. The van der Waals surface area contributed by atoms with Crippen LogP contribution in [0.15, 0.2) is 28.2 Å². The summed E-state index contributed by atoms with van der Waals surface area (Å²) in [4.78, 5) is 8.85. The Morgan fingerprint density at radius 2 is 2.30 bits per heavy atom. The van der Waals surface area contributed by atoms with Crippen molar-refractivity contribution in [1.82, 2.24) is 15.1 Å². The molecule has 0 amide bonds. The van der Waals surface area contributed by atoms with Crippen LogP contribution in [-0.2, 0) is 4.74 Å². The van der Waals surface area contributed by atoms with Gasteiger partial charge in [-0.2, -0.15) is 4.98 Å². The number of nitrogens with zero attached hydrogens (tertiary/aromatic N) is 3. The van der Waals surface area contributed by atoms with Crippen LogP contribution in [0.25, 0.3) is 21.7 Å². The quantitative estimate of drug-likeness (QED) is 0.721. The Labute approximate surface area is 119 Å². The Balaban J connectivity index is 1.66. The van der Waals surface area contributed by atoms with E-state index >= 15 is 0 Å². The molecule has 0 bridgehead atoms. The largest absolute Gasteiger partial charge is 0.370 e. The molecule has 1 aliphatic rings. The van der Waals surface area contributed by atoms with Crippen molar-refractivity contribution >= 4 is 21.6 Å². The zero-order chi connectivity index (χ0) is 13.4. The molecular formula is C14H13N3O2S. The van der Waals surface area contributed by atoms with Gasteiger partial charge in [-0.1, -0.05) is 5.16 Å². The van der Waals surface area contributed by atoms with Crippen LogP contribution in [0.1, 0.15) is 31.2 Å². The van der Waals surface area contributed by atoms with Gasteiger partial charge in [0, 0.05) is 12.8 Å². The third-order valence-electron chi connectivity index (χ3n) is 3.46. The predicted octanol–water partition coefficient (Wildman–Crippen LogP) is 3.59. The topological polar surface area (TPSA) is 61.0 Å². The number of hydrogen-bond donors (Lipinski definition) is 0. The van der Waals surface area contributed by atoms with E-state index in [2.05, 4.69) is 15.1 Å². The Hall–Kier alpha value is -1.79. The van der Waals surface area contributed by atoms with Crippen molar-refractivity contribution < 1.29 is 9.26 Å². The van der Waals surface area contributed by atoms with Crippen LogP contribution < -0.4 is 0 Å². The zero-order valence-corrected chi connectivity index (χ0v) is 11.6. The van der Waals surface area contributed by atoms with E-state index in [1.807, 2.05) is 17.5 Å². The van der Waals surface area contributed by atoms with E-state index in [9.17, 15) is 0 Å². The lowest BCUT2D eigenvalue weighted by atomic mass is 10.1. The van der Waals surface area contributed by atoms with Crippen molar-refractivity contribution in [2.45, 2.75) is 25.4 Å². The van der Waals surface area contributed by atoms with Crippen LogP contribution in [0.3, 0.4) is 0 Å². The molecule has 1 saturated heterocycles. The highest BCUT2D eigenvalue weighted by Gasteiger charge is 2.22. The smallest absolute Gasteiger partial charge is 0.259 e. The van der Waals surface area contributed by atoms with Gasteiger partial charge >= 0.3 is 0 Å². The molecule has 0 aliphatic carbocycles. The first-order valence-electron chi connectivity index (χ1n) is 6.69. The predicted molar refractivity (Wildman–Crippen MR) is 75.5 cm³/mol. The fourth-order valence-electron chi connectivity index (χ4n) is 2.39. The molecule has 0 saturated carbocycles. The van der Waals surface area contributed by atoms with Crippen LogP contribution in [0, 0.1) is 0 Å². The molecule has 6 heteroatoms. The molecule has 20 heavy (non-hydrogen) atoms. The molecule has 1 atom stereocenters. The zero-order valence-electron chi connectivity index (χ0n) is 10.8. The molecule has 3 aromatic heterocycles. The summed E-state index contributed by atoms with van der Waals surface area (Å²) in [5, 5.41) is 6.07. The van der Waals surface area contributed by atoms with E-state index in [-0.39, 0.29) is 6.10 Å². The van der Waals surface area contributed by atoms with E-state index < -0.39 is 0 Å². The highest BCUT2D eigenvalue weighted by Crippen LogP contribution is 2.29. The van der Waals surface area contributed by atoms with Gasteiger partial charge in [0.2, 0.25) is 5.82 Å². The van der Waals surface area contributed by atoms with Crippen LogP contribution in [0.5, 0.6) is 0 Å². The molecule has 5 nitrogen and oxygen atoms in total. The second-order valence-electron chi connectivity index (χ2n) is 4.84. The van der Waals surface area contributed by atoms with Gasteiger partial charge in [-0.3, -0.25) is 4.98 Å². The van der Waals surface area contributed by atoms with Crippen LogP contribution >= 0.6 is 11.3 Å². The first kappa shape index (κ1) is 12.0. The number of pyridine rings is 1. The van der Waals surface area contributed by atoms with E-state index in [0.717, 1.165) is 41.6 Å². The summed E-state index contributed by atoms with van der Waals surface area (Å²) < 4.78 is 12.1. The fraction of sp³-hybridized carbons (Fsp3) is 0.357. The minimum Gasteiger partial charge on any atom is -0.370 e. The van der Waals surface area contributed by atoms with E-state index in [1.54, 1.807) is 17.5 Å². The molecule has 3 aromatic rings. The molecule has 1 aliphatic heterocycles. The second kappa shape index (κ2) is 4.96. The van der Waals surface area contributed by atoms with E-state index in [1.165, 1.54) is 0 Å². The normalized spacial score (nSPS) is 19.5. The molecule has 4 rings (SSSR count). The second-order valence-corrected chi connectivity index (χ2v) is 5.79. The summed E-state index contributed by atoms with van der Waals surface area (Å²) in [5.74, 6) is 1.16. The van der Waals surface area contributed by atoms with Gasteiger partial charge in [0.25, 0.3) is 5.89 Å². The van der Waals surface area contributed by atoms with Gasteiger partial charge in [-0.15, -0.1) is 11.3 Å². The first-order valence-corrected chi connectivity index (χ1v) is 7.57. The monoisotopic (exact) mass is 287 g/mol. The summed E-state index contributed by atoms with van der Waals surface area (Å²) >= 11 is 1.65. The number of fused-ring (bicyclic) bond motifs is 1. The number of rotatable bonds is 2. The molecule has 0 aromatic carbocycles. The summed E-state index contributed by atoms with van der Waals surface area (Å²) in [6.07, 6.45) is 4.96. The minimum atomic E-state index is -0.0281. The van der Waals surface area contributed by atoms with Crippen molar-refractivity contribution in [2.24, 2.45) is 0 Å². The molecule has 0 unspecified atom stereocenters. The average molecular weight is 287 g/mol. The van der Waals surface area contributed by atoms with Gasteiger partial charge in [0.05, 0.1) is 15.8 Å². The van der Waals surface area contributed by atoms with Gasteiger partial charge in [0.15, 0.2) is 0 Å². The summed E-state index contributed by atoms with van der Waals surface area (Å²) in [7, 11) is 0. The maximum atomic E-state index is 5.67. The summed E-state index contributed by atoms with van der Waals surface area (Å²) in [6.45, 7) is 0.775. The van der Waals surface area contributed by atoms with Crippen LogP contribution in [0.4, 0.5) is 0 Å². The minimum absolute atomic E-state index is 0.0281. The highest BCUT2D eigenvalue weighted by molar-refractivity contribution is 7.17. The van der Waals surface area contributed by atoms with Gasteiger partial charge in [-0.25, -0.2) is 0 Å². The molecule has 0 radical (unpaired) electrons. The Morgan fingerprint density at radius 3 is 3.20 bits per heavy atom. The number of aromatic nitrogens is 3. The van der Waals surface area contributed by atoms with Gasteiger partial charge < -0.3 is 9.26 Å². The van der Waals surface area contributed by atoms with Crippen LogP contribution in [0.2, 0.25) is 0 Å². The average Bonchev–Trinajstić information content (AvgIpc) is 3.16. The first-order chi connectivity index (χ1) is 9.90. The lowest BCUT2D eigenvalue weighted by Crippen LogP contribution is -2.12. The molecule has 0 N–H and O–H groups in total. The van der Waals surface area contributed by atoms with Gasteiger partial charge in [0.1, 0.15) is 6.10 Å². The third kappa shape index (κ3) is 2.10. The number of hydrogen-bond acceptors (Lipinski definition) is 6. The molecular weight excluding hydrogens is 274 g/mol. The lowest BCUT2D eigenvalue weighted by molar-refractivity contribution is 0.00822. The Bertz CT molecular complexity index is 731. The number of ether oxygens (including phenoxy) is 1. The van der Waals surface area contributed by atoms with Crippen molar-refractivity contribution in [3.8, 4) is 11.5 Å². The van der Waals surface area contributed by atoms with E-state index in [0.29, 0.717) is 11.7 Å². The lowest BCUT2D eigenvalue weighted by Gasteiger charge is -2.18. The Kier molecular flexibility index (Phi) is 2.97. The Morgan fingerprint density at radius 1 is 1.30 bits per heavy atom. The van der Waals surface area contributed by atoms with Crippen molar-refractivity contribution in [3.63, 3.8) is 0 Å². The molecule has 0 spiro atoms. The third-order valence-corrected chi connectivity index (χ3v) is 4.31.